The van der Waals surface area contributed by atoms with Crippen LogP contribution in [0.5, 0.6) is 5.75 Å². The smallest absolute Gasteiger partial charge is 0.338 e. The number of carboxylic acids is 1. The van der Waals surface area contributed by atoms with Gasteiger partial charge in [-0.05, 0) is 17.7 Å². The predicted molar refractivity (Wildman–Crippen MR) is 57.7 cm³/mol. The molecule has 18 heavy (non-hydrogen) atoms. The fourth-order valence-corrected chi connectivity index (χ4v) is 1.16. The monoisotopic (exact) mass is 255 g/mol. The Morgan fingerprint density at radius 2 is 2.11 bits per heavy atom. The summed E-state index contributed by atoms with van der Waals surface area (Å²) in [6.45, 7) is 0. The van der Waals surface area contributed by atoms with Gasteiger partial charge in [-0.3, -0.25) is 0 Å². The first-order chi connectivity index (χ1) is 8.49. The first-order valence-electron chi connectivity index (χ1n) is 4.52. The van der Waals surface area contributed by atoms with Crippen LogP contribution in [-0.4, -0.2) is 18.2 Å². The van der Waals surface area contributed by atoms with Crippen molar-refractivity contribution in [1.29, 1.82) is 0 Å². The van der Waals surface area contributed by atoms with Crippen molar-refractivity contribution in [3.63, 3.8) is 0 Å². The third kappa shape index (κ3) is 2.96. The summed E-state index contributed by atoms with van der Waals surface area (Å²) in [6.07, 6.45) is 0.878. The van der Waals surface area contributed by atoms with Crippen molar-refractivity contribution in [3.8, 4) is 5.75 Å². The lowest BCUT2D eigenvalue weighted by molar-refractivity contribution is -0.132. The fraction of sp³-hybridized carbons (Fsp3) is 0.100. The Morgan fingerprint density at radius 1 is 1.50 bits per heavy atom. The van der Waals surface area contributed by atoms with Gasteiger partial charge in [-0.15, -0.1) is 0 Å². The lowest BCUT2D eigenvalue weighted by Crippen LogP contribution is -1.98. The highest BCUT2D eigenvalue weighted by atomic mass is 19.2. The van der Waals surface area contributed by atoms with Crippen LogP contribution in [0.1, 0.15) is 5.56 Å². The maximum absolute atomic E-state index is 13.0. The number of halogens is 2. The molecule has 0 saturated heterocycles. The van der Waals surface area contributed by atoms with Crippen LogP contribution in [0.3, 0.4) is 0 Å². The molecule has 0 saturated carbocycles. The number of aliphatic carboxylic acids is 1. The molecule has 1 rings (SSSR count). The zero-order valence-corrected chi connectivity index (χ0v) is 9.09. The van der Waals surface area contributed by atoms with Gasteiger partial charge in [0.1, 0.15) is 11.4 Å². The quantitative estimate of drug-likeness (QED) is 0.387. The van der Waals surface area contributed by atoms with E-state index in [4.69, 9.17) is 15.4 Å². The van der Waals surface area contributed by atoms with E-state index in [0.29, 0.717) is 0 Å². The van der Waals surface area contributed by atoms with Crippen molar-refractivity contribution in [3.05, 3.63) is 45.5 Å². The number of hydrogen-bond acceptors (Lipinski definition) is 3. The molecule has 0 aromatic heterocycles. The minimum atomic E-state index is -1.50. The van der Waals surface area contributed by atoms with Crippen LogP contribution >= 0.6 is 0 Å². The highest BCUT2D eigenvalue weighted by Gasteiger charge is 2.11. The normalized spacial score (nSPS) is 10.7. The number of ether oxygens (including phenoxy) is 1. The Labute approximate surface area is 99.7 Å². The Kier molecular flexibility index (Phi) is 4.22. The molecule has 0 atom stereocenters. The van der Waals surface area contributed by atoms with E-state index in [0.717, 1.165) is 18.2 Å². The van der Waals surface area contributed by atoms with Crippen molar-refractivity contribution < 1.29 is 23.4 Å². The van der Waals surface area contributed by atoms with Crippen molar-refractivity contribution in [2.45, 2.75) is 0 Å². The minimum Gasteiger partial charge on any atom is -0.496 e. The fourth-order valence-electron chi connectivity index (χ4n) is 1.16. The van der Waals surface area contributed by atoms with Crippen molar-refractivity contribution in [1.82, 2.24) is 0 Å². The van der Waals surface area contributed by atoms with Crippen LogP contribution < -0.4 is 4.74 Å². The van der Waals surface area contributed by atoms with E-state index in [1.54, 1.807) is 0 Å². The Balaban J connectivity index is 3.40. The molecular formula is C10H7F2N3O3. The maximum Gasteiger partial charge on any atom is 0.338 e. The zero-order valence-electron chi connectivity index (χ0n) is 9.09. The third-order valence-corrected chi connectivity index (χ3v) is 1.94. The Morgan fingerprint density at radius 3 is 2.61 bits per heavy atom. The van der Waals surface area contributed by atoms with Gasteiger partial charge in [0, 0.05) is 16.5 Å². The van der Waals surface area contributed by atoms with Gasteiger partial charge in [-0.25, -0.2) is 13.6 Å². The van der Waals surface area contributed by atoms with Gasteiger partial charge in [0.15, 0.2) is 11.6 Å². The number of methoxy groups -OCH3 is 1. The molecule has 0 radical (unpaired) electrons. The summed E-state index contributed by atoms with van der Waals surface area (Å²) in [7, 11) is 1.21. The van der Waals surface area contributed by atoms with Gasteiger partial charge >= 0.3 is 5.97 Å². The zero-order chi connectivity index (χ0) is 13.7. The van der Waals surface area contributed by atoms with Crippen LogP contribution in [0, 0.1) is 11.6 Å². The molecule has 0 unspecified atom stereocenters. The first kappa shape index (κ1) is 13.5. The summed E-state index contributed by atoms with van der Waals surface area (Å²) in [5.41, 5.74) is 7.46. The molecule has 0 amide bonds. The van der Waals surface area contributed by atoms with Crippen molar-refractivity contribution in [2.24, 2.45) is 5.11 Å². The van der Waals surface area contributed by atoms with Gasteiger partial charge < -0.3 is 9.84 Å². The van der Waals surface area contributed by atoms with E-state index in [9.17, 15) is 13.6 Å². The summed E-state index contributed by atoms with van der Waals surface area (Å²) in [5.74, 6) is -3.89. The van der Waals surface area contributed by atoms with Gasteiger partial charge in [0.25, 0.3) is 0 Å². The molecule has 1 aromatic carbocycles. The first-order valence-corrected chi connectivity index (χ1v) is 4.52. The molecule has 1 aromatic rings. The predicted octanol–water partition coefficient (Wildman–Crippen LogP) is 2.71. The molecule has 0 aliphatic carbocycles. The van der Waals surface area contributed by atoms with E-state index in [1.807, 2.05) is 0 Å². The molecule has 0 aliphatic rings. The molecular weight excluding hydrogens is 248 g/mol. The second-order valence-electron chi connectivity index (χ2n) is 3.03. The third-order valence-electron chi connectivity index (χ3n) is 1.94. The van der Waals surface area contributed by atoms with Crippen LogP contribution in [0.4, 0.5) is 8.78 Å². The SMILES string of the molecule is COc1cc(F)c(F)cc1/C=C(\N=[N+]=[N-])C(=O)O. The molecule has 1 N–H and O–H groups in total. The van der Waals surface area contributed by atoms with Gasteiger partial charge in [-0.2, -0.15) is 0 Å². The van der Waals surface area contributed by atoms with Crippen LogP contribution in [0.15, 0.2) is 22.9 Å². The summed E-state index contributed by atoms with van der Waals surface area (Å²) in [5, 5.41) is 11.6. The molecule has 0 bridgehead atoms. The number of carboxylic acid groups (broad SMARTS) is 1. The van der Waals surface area contributed by atoms with E-state index >= 15 is 0 Å². The Bertz CT molecular complexity index is 562. The molecule has 94 valence electrons. The average Bonchev–Trinajstić information content (AvgIpc) is 2.32. The summed E-state index contributed by atoms with van der Waals surface area (Å²) >= 11 is 0. The van der Waals surface area contributed by atoms with Crippen LogP contribution in [0.25, 0.3) is 16.5 Å². The highest BCUT2D eigenvalue weighted by molar-refractivity contribution is 5.92. The van der Waals surface area contributed by atoms with E-state index < -0.39 is 23.3 Å². The molecule has 0 heterocycles. The second-order valence-corrected chi connectivity index (χ2v) is 3.03. The minimum absolute atomic E-state index is 0.0544. The lowest BCUT2D eigenvalue weighted by Gasteiger charge is -2.06. The van der Waals surface area contributed by atoms with Gasteiger partial charge in [0.05, 0.1) is 7.11 Å². The summed E-state index contributed by atoms with van der Waals surface area (Å²) in [4.78, 5) is 13.0. The molecule has 0 fully saturated rings. The summed E-state index contributed by atoms with van der Waals surface area (Å²) < 4.78 is 30.7. The number of rotatable bonds is 4. The highest BCUT2D eigenvalue weighted by Crippen LogP contribution is 2.24. The second kappa shape index (κ2) is 5.65. The van der Waals surface area contributed by atoms with E-state index in [-0.39, 0.29) is 11.3 Å². The topological polar surface area (TPSA) is 95.3 Å². The largest absolute Gasteiger partial charge is 0.496 e. The standard InChI is InChI=1S/C10H7F2N3O3/c1-18-9-4-7(12)6(11)2-5(9)3-8(10(16)17)14-15-13/h2-4H,1H3,(H,16,17)/b8-3-. The number of nitrogens with zero attached hydrogens (tertiary/aromatic N) is 3. The maximum atomic E-state index is 13.0. The molecule has 0 aliphatic heterocycles. The summed E-state index contributed by atoms with van der Waals surface area (Å²) in [6, 6.07) is 1.50. The van der Waals surface area contributed by atoms with E-state index in [1.165, 1.54) is 7.11 Å². The van der Waals surface area contributed by atoms with Gasteiger partial charge in [-0.1, -0.05) is 5.11 Å². The number of azide groups is 1. The van der Waals surface area contributed by atoms with Gasteiger partial charge in [0.2, 0.25) is 0 Å². The molecule has 6 nitrogen and oxygen atoms in total. The Hall–Kier alpha value is -2.60. The lowest BCUT2D eigenvalue weighted by atomic mass is 10.1. The van der Waals surface area contributed by atoms with Crippen molar-refractivity contribution in [2.75, 3.05) is 7.11 Å². The number of carbonyl (C=O) groups is 1. The molecule has 8 heteroatoms. The van der Waals surface area contributed by atoms with E-state index in [2.05, 4.69) is 10.0 Å². The van der Waals surface area contributed by atoms with Crippen LogP contribution in [0.2, 0.25) is 0 Å². The molecule has 0 spiro atoms. The van der Waals surface area contributed by atoms with Crippen LogP contribution in [-0.2, 0) is 4.79 Å². The van der Waals surface area contributed by atoms with Crippen molar-refractivity contribution >= 4 is 12.0 Å². The average molecular weight is 255 g/mol. The number of benzene rings is 1. The number of hydrogen-bond donors (Lipinski definition) is 1.